The molecule has 0 aromatic carbocycles. The lowest BCUT2D eigenvalue weighted by atomic mass is 10.1. The van der Waals surface area contributed by atoms with Gasteiger partial charge in [-0.25, -0.2) is 4.98 Å². The number of hydrogen-bond donors (Lipinski definition) is 2. The second kappa shape index (κ2) is 8.14. The van der Waals surface area contributed by atoms with Gasteiger partial charge < -0.3 is 20.3 Å². The number of rotatable bonds is 5. The summed E-state index contributed by atoms with van der Waals surface area (Å²) in [5.41, 5.74) is 3.07. The highest BCUT2D eigenvalue weighted by atomic mass is 16.5. The molecule has 0 radical (unpaired) electrons. The molecule has 1 atom stereocenters. The molecule has 1 saturated carbocycles. The highest BCUT2D eigenvalue weighted by molar-refractivity contribution is 5.98. The number of pyridine rings is 2. The van der Waals surface area contributed by atoms with E-state index in [2.05, 4.69) is 30.4 Å². The summed E-state index contributed by atoms with van der Waals surface area (Å²) in [6, 6.07) is 5.61. The first-order valence-corrected chi connectivity index (χ1v) is 10.7. The van der Waals surface area contributed by atoms with Gasteiger partial charge in [-0.05, 0) is 31.0 Å². The molecule has 2 aliphatic heterocycles. The van der Waals surface area contributed by atoms with E-state index in [4.69, 9.17) is 4.74 Å². The number of nitrogens with one attached hydrogen (secondary N) is 2. The van der Waals surface area contributed by atoms with Crippen LogP contribution in [0.3, 0.4) is 0 Å². The summed E-state index contributed by atoms with van der Waals surface area (Å²) in [7, 11) is 1.60. The molecule has 3 aliphatic rings. The van der Waals surface area contributed by atoms with E-state index in [0.717, 1.165) is 56.9 Å². The summed E-state index contributed by atoms with van der Waals surface area (Å²) < 4.78 is 5.88. The minimum absolute atomic E-state index is 0.0446. The third kappa shape index (κ3) is 4.18. The predicted molar refractivity (Wildman–Crippen MR) is 115 cm³/mol. The summed E-state index contributed by atoms with van der Waals surface area (Å²) in [6.45, 7) is 4.24. The van der Waals surface area contributed by atoms with Crippen LogP contribution in [0.5, 0.6) is 5.75 Å². The minimum atomic E-state index is -0.367. The van der Waals surface area contributed by atoms with Gasteiger partial charge in [-0.1, -0.05) is 0 Å². The summed E-state index contributed by atoms with van der Waals surface area (Å²) in [6.07, 6.45) is 5.23. The average molecular weight is 422 g/mol. The third-order valence-corrected chi connectivity index (χ3v) is 6.08. The van der Waals surface area contributed by atoms with Gasteiger partial charge in [-0.2, -0.15) is 0 Å². The zero-order chi connectivity index (χ0) is 21.4. The maximum absolute atomic E-state index is 12.3. The molecule has 2 N–H and O–H groups in total. The van der Waals surface area contributed by atoms with Gasteiger partial charge in [0.1, 0.15) is 5.69 Å². The number of nitrogens with zero attached hydrogens (tertiary/aromatic N) is 4. The Bertz CT molecular complexity index is 983. The fraction of sp³-hybridized carbons (Fsp3) is 0.455. The molecule has 31 heavy (non-hydrogen) atoms. The standard InChI is InChI=1S/C22H26N6O3/c1-23-21(29)17-5-4-16(11-25-17)28-8-6-27(7-9-28)13-15-10-18-19(12-24-15)31-20(14-2-3-14)22(30)26-18/h4-5,10-12,14,20H,2-3,6-9,13H2,1H3,(H,23,29)(H,26,30)/t20-/m0/s1. The maximum atomic E-state index is 12.3. The Balaban J connectivity index is 1.17. The highest BCUT2D eigenvalue weighted by Gasteiger charge is 2.41. The molecule has 0 bridgehead atoms. The molecule has 9 nitrogen and oxygen atoms in total. The average Bonchev–Trinajstić information content (AvgIpc) is 3.64. The molecule has 2 fully saturated rings. The first-order valence-electron chi connectivity index (χ1n) is 10.7. The molecular formula is C22H26N6O3. The molecule has 1 saturated heterocycles. The molecule has 1 aliphatic carbocycles. The minimum Gasteiger partial charge on any atom is -0.476 e. The Kier molecular flexibility index (Phi) is 5.19. The van der Waals surface area contributed by atoms with Crippen molar-refractivity contribution in [1.29, 1.82) is 0 Å². The summed E-state index contributed by atoms with van der Waals surface area (Å²) >= 11 is 0. The van der Waals surface area contributed by atoms with Crippen LogP contribution >= 0.6 is 0 Å². The first-order chi connectivity index (χ1) is 15.1. The Hall–Kier alpha value is -3.20. The van der Waals surface area contributed by atoms with Crippen LogP contribution in [0.25, 0.3) is 0 Å². The van der Waals surface area contributed by atoms with Crippen LogP contribution in [0.2, 0.25) is 0 Å². The zero-order valence-electron chi connectivity index (χ0n) is 17.5. The quantitative estimate of drug-likeness (QED) is 0.749. The van der Waals surface area contributed by atoms with Crippen LogP contribution in [0.15, 0.2) is 30.6 Å². The molecule has 2 amide bonds. The van der Waals surface area contributed by atoms with E-state index in [1.807, 2.05) is 12.1 Å². The Morgan fingerprint density at radius 3 is 2.68 bits per heavy atom. The maximum Gasteiger partial charge on any atom is 0.269 e. The van der Waals surface area contributed by atoms with Crippen LogP contribution in [0, 0.1) is 5.92 Å². The van der Waals surface area contributed by atoms with E-state index in [1.54, 1.807) is 25.5 Å². The van der Waals surface area contributed by atoms with Crippen molar-refractivity contribution in [2.75, 3.05) is 43.4 Å². The molecule has 2 aromatic rings. The van der Waals surface area contributed by atoms with Gasteiger partial charge in [0.25, 0.3) is 11.8 Å². The summed E-state index contributed by atoms with van der Waals surface area (Å²) in [5.74, 6) is 0.785. The SMILES string of the molecule is CNC(=O)c1ccc(N2CCN(Cc3cc4c(cn3)O[C@@H](C3CC3)C(=O)N4)CC2)cn1. The molecule has 9 heteroatoms. The predicted octanol–water partition coefficient (Wildman–Crippen LogP) is 1.27. The van der Waals surface area contributed by atoms with Crippen molar-refractivity contribution in [2.45, 2.75) is 25.5 Å². The van der Waals surface area contributed by atoms with Crippen molar-refractivity contribution in [3.05, 3.63) is 42.0 Å². The second-order valence-electron chi connectivity index (χ2n) is 8.28. The van der Waals surface area contributed by atoms with Gasteiger partial charge in [0, 0.05) is 45.7 Å². The van der Waals surface area contributed by atoms with Gasteiger partial charge in [-0.3, -0.25) is 19.5 Å². The van der Waals surface area contributed by atoms with E-state index in [0.29, 0.717) is 23.0 Å². The number of hydrogen-bond acceptors (Lipinski definition) is 7. The normalized spacial score (nSPS) is 21.1. The van der Waals surface area contributed by atoms with Crippen LogP contribution in [0.4, 0.5) is 11.4 Å². The lowest BCUT2D eigenvalue weighted by molar-refractivity contribution is -0.124. The summed E-state index contributed by atoms with van der Waals surface area (Å²) in [4.78, 5) is 37.4. The molecule has 162 valence electrons. The fourth-order valence-electron chi connectivity index (χ4n) is 4.10. The fourth-order valence-corrected chi connectivity index (χ4v) is 4.10. The molecular weight excluding hydrogens is 396 g/mol. The third-order valence-electron chi connectivity index (χ3n) is 6.08. The number of carbonyl (C=O) groups is 2. The number of amides is 2. The van der Waals surface area contributed by atoms with Crippen LogP contribution in [-0.2, 0) is 11.3 Å². The van der Waals surface area contributed by atoms with Gasteiger partial charge in [0.2, 0.25) is 0 Å². The Morgan fingerprint density at radius 1 is 1.19 bits per heavy atom. The second-order valence-corrected chi connectivity index (χ2v) is 8.28. The van der Waals surface area contributed by atoms with E-state index < -0.39 is 0 Å². The largest absolute Gasteiger partial charge is 0.476 e. The van der Waals surface area contributed by atoms with Gasteiger partial charge >= 0.3 is 0 Å². The van der Waals surface area contributed by atoms with E-state index >= 15 is 0 Å². The molecule has 2 aromatic heterocycles. The molecule has 0 spiro atoms. The van der Waals surface area contributed by atoms with Crippen LogP contribution < -0.4 is 20.3 Å². The van der Waals surface area contributed by atoms with Gasteiger partial charge in [0.05, 0.1) is 29.5 Å². The smallest absolute Gasteiger partial charge is 0.269 e. The van der Waals surface area contributed by atoms with Gasteiger partial charge in [0.15, 0.2) is 11.9 Å². The number of carbonyl (C=O) groups excluding carboxylic acids is 2. The number of aromatic nitrogens is 2. The van der Waals surface area contributed by atoms with E-state index in [1.165, 1.54) is 0 Å². The number of fused-ring (bicyclic) bond motifs is 1. The van der Waals surface area contributed by atoms with E-state index in [-0.39, 0.29) is 17.9 Å². The van der Waals surface area contributed by atoms with Crippen LogP contribution in [-0.4, -0.2) is 66.0 Å². The van der Waals surface area contributed by atoms with Crippen molar-refractivity contribution >= 4 is 23.2 Å². The van der Waals surface area contributed by atoms with E-state index in [9.17, 15) is 9.59 Å². The monoisotopic (exact) mass is 422 g/mol. The molecule has 0 unspecified atom stereocenters. The van der Waals surface area contributed by atoms with Crippen LogP contribution in [0.1, 0.15) is 29.0 Å². The lowest BCUT2D eigenvalue weighted by Gasteiger charge is -2.36. The van der Waals surface area contributed by atoms with Crippen molar-refractivity contribution in [3.63, 3.8) is 0 Å². The number of anilines is 2. The number of ether oxygens (including phenoxy) is 1. The molecule has 4 heterocycles. The Morgan fingerprint density at radius 2 is 2.00 bits per heavy atom. The highest BCUT2D eigenvalue weighted by Crippen LogP contribution is 2.39. The molecule has 5 rings (SSSR count). The van der Waals surface area contributed by atoms with Crippen molar-refractivity contribution in [3.8, 4) is 5.75 Å². The lowest BCUT2D eigenvalue weighted by Crippen LogP contribution is -2.46. The van der Waals surface area contributed by atoms with Gasteiger partial charge in [-0.15, -0.1) is 0 Å². The topological polar surface area (TPSA) is 99.7 Å². The Labute approximate surface area is 180 Å². The van der Waals surface area contributed by atoms with Crippen molar-refractivity contribution < 1.29 is 14.3 Å². The first kappa shape index (κ1) is 19.7. The zero-order valence-corrected chi connectivity index (χ0v) is 17.5. The number of piperazine rings is 1. The summed E-state index contributed by atoms with van der Waals surface area (Å²) in [5, 5.41) is 5.57. The van der Waals surface area contributed by atoms with Crippen molar-refractivity contribution in [2.24, 2.45) is 5.92 Å². The van der Waals surface area contributed by atoms with Crippen molar-refractivity contribution in [1.82, 2.24) is 20.2 Å².